The lowest BCUT2D eigenvalue weighted by Gasteiger charge is -2.07. The molecule has 0 N–H and O–H groups in total. The summed E-state index contributed by atoms with van der Waals surface area (Å²) in [5.74, 6) is 0. The summed E-state index contributed by atoms with van der Waals surface area (Å²) in [6.07, 6.45) is -1.65. The van der Waals surface area contributed by atoms with Gasteiger partial charge in [-0.1, -0.05) is 48.5 Å². The number of para-hydroxylation sites is 2. The molecule has 0 saturated carbocycles. The van der Waals surface area contributed by atoms with E-state index in [9.17, 15) is 13.2 Å². The van der Waals surface area contributed by atoms with Gasteiger partial charge in [0, 0.05) is 17.3 Å². The summed E-state index contributed by atoms with van der Waals surface area (Å²) in [5.41, 5.74) is 3.47. The number of halogens is 3. The first-order valence-corrected chi connectivity index (χ1v) is 8.33. The predicted octanol–water partition coefficient (Wildman–Crippen LogP) is 6.24. The van der Waals surface area contributed by atoms with Crippen LogP contribution in [0.25, 0.3) is 16.6 Å². The number of aromatic nitrogens is 1. The maximum absolute atomic E-state index is 12.7. The highest BCUT2D eigenvalue weighted by Gasteiger charge is 2.29. The van der Waals surface area contributed by atoms with E-state index in [2.05, 4.69) is 16.8 Å². The molecular weight excluding hydrogens is 335 g/mol. The van der Waals surface area contributed by atoms with E-state index in [-0.39, 0.29) is 0 Å². The van der Waals surface area contributed by atoms with Crippen molar-refractivity contribution in [1.82, 2.24) is 4.57 Å². The first-order valence-electron chi connectivity index (χ1n) is 8.33. The van der Waals surface area contributed by atoms with E-state index in [1.165, 1.54) is 0 Å². The fraction of sp³-hybridized carbons (Fsp3) is 0.0909. The normalized spacial score (nSPS) is 11.8. The number of nitrogens with zero attached hydrogens (tertiary/aromatic N) is 1. The molecule has 0 aliphatic carbocycles. The standard InChI is InChI=1S/C22H16F3N/c23-22(24,25)18-12-10-16(11-13-18)14-17-15-26(19-6-2-1-3-7-19)21-9-5-4-8-20(17)21/h1-13,15H,14H2. The van der Waals surface area contributed by atoms with Crippen molar-refractivity contribution in [3.05, 3.63) is 102 Å². The van der Waals surface area contributed by atoms with Crippen molar-refractivity contribution in [1.29, 1.82) is 0 Å². The molecule has 4 heteroatoms. The van der Waals surface area contributed by atoms with Gasteiger partial charge in [0.15, 0.2) is 0 Å². The van der Waals surface area contributed by atoms with Crippen LogP contribution >= 0.6 is 0 Å². The highest BCUT2D eigenvalue weighted by Crippen LogP contribution is 2.30. The van der Waals surface area contributed by atoms with Crippen molar-refractivity contribution in [2.24, 2.45) is 0 Å². The second kappa shape index (κ2) is 6.37. The molecule has 26 heavy (non-hydrogen) atoms. The number of benzene rings is 3. The van der Waals surface area contributed by atoms with Gasteiger partial charge >= 0.3 is 6.18 Å². The molecule has 0 fully saturated rings. The molecule has 0 spiro atoms. The minimum absolute atomic E-state index is 0.582. The van der Waals surface area contributed by atoms with Crippen molar-refractivity contribution >= 4 is 10.9 Å². The summed E-state index contributed by atoms with van der Waals surface area (Å²) >= 11 is 0. The summed E-state index contributed by atoms with van der Waals surface area (Å²) in [7, 11) is 0. The molecule has 3 aromatic carbocycles. The van der Waals surface area contributed by atoms with Crippen LogP contribution in [0.1, 0.15) is 16.7 Å². The van der Waals surface area contributed by atoms with Crippen molar-refractivity contribution in [3.63, 3.8) is 0 Å². The van der Waals surface area contributed by atoms with Gasteiger partial charge < -0.3 is 4.57 Å². The van der Waals surface area contributed by atoms with Crippen molar-refractivity contribution in [3.8, 4) is 5.69 Å². The van der Waals surface area contributed by atoms with Gasteiger partial charge in [-0.15, -0.1) is 0 Å². The van der Waals surface area contributed by atoms with E-state index in [0.29, 0.717) is 6.42 Å². The molecule has 0 aliphatic heterocycles. The highest BCUT2D eigenvalue weighted by molar-refractivity contribution is 5.86. The Morgan fingerprint density at radius 1 is 0.731 bits per heavy atom. The average Bonchev–Trinajstić information content (AvgIpc) is 3.01. The van der Waals surface area contributed by atoms with Gasteiger partial charge in [0.05, 0.1) is 11.1 Å². The first-order chi connectivity index (χ1) is 12.5. The quantitative estimate of drug-likeness (QED) is 0.412. The molecule has 1 aromatic heterocycles. The van der Waals surface area contributed by atoms with E-state index >= 15 is 0 Å². The lowest BCUT2D eigenvalue weighted by molar-refractivity contribution is -0.137. The monoisotopic (exact) mass is 351 g/mol. The Morgan fingerprint density at radius 3 is 2.08 bits per heavy atom. The third-order valence-corrected chi connectivity index (χ3v) is 4.50. The van der Waals surface area contributed by atoms with Crippen LogP contribution in [0.2, 0.25) is 0 Å². The SMILES string of the molecule is FC(F)(F)c1ccc(Cc2cn(-c3ccccc3)c3ccccc23)cc1. The third kappa shape index (κ3) is 3.10. The molecule has 0 amide bonds. The Hall–Kier alpha value is -3.01. The van der Waals surface area contributed by atoms with Crippen molar-refractivity contribution < 1.29 is 13.2 Å². The van der Waals surface area contributed by atoms with Gasteiger partial charge in [-0.25, -0.2) is 0 Å². The zero-order chi connectivity index (χ0) is 18.1. The molecule has 1 heterocycles. The van der Waals surface area contributed by atoms with Gasteiger partial charge in [-0.3, -0.25) is 0 Å². The van der Waals surface area contributed by atoms with Crippen LogP contribution in [0.4, 0.5) is 13.2 Å². The summed E-state index contributed by atoms with van der Waals surface area (Å²) < 4.78 is 40.3. The van der Waals surface area contributed by atoms with Crippen LogP contribution in [0.3, 0.4) is 0 Å². The van der Waals surface area contributed by atoms with Crippen LogP contribution in [0.5, 0.6) is 0 Å². The van der Waals surface area contributed by atoms with Crippen LogP contribution in [-0.2, 0) is 12.6 Å². The van der Waals surface area contributed by atoms with Gasteiger partial charge in [-0.2, -0.15) is 13.2 Å². The Morgan fingerprint density at radius 2 is 1.38 bits per heavy atom. The third-order valence-electron chi connectivity index (χ3n) is 4.50. The Bertz CT molecular complexity index is 1030. The molecule has 130 valence electrons. The smallest absolute Gasteiger partial charge is 0.316 e. The number of fused-ring (bicyclic) bond motifs is 1. The summed E-state index contributed by atoms with van der Waals surface area (Å²) in [6, 6.07) is 23.5. The predicted molar refractivity (Wildman–Crippen MR) is 97.5 cm³/mol. The Labute approximate surface area is 149 Å². The van der Waals surface area contributed by atoms with Crippen molar-refractivity contribution in [2.45, 2.75) is 12.6 Å². The largest absolute Gasteiger partial charge is 0.416 e. The van der Waals surface area contributed by atoms with Gasteiger partial charge in [0.2, 0.25) is 0 Å². The minimum Gasteiger partial charge on any atom is -0.316 e. The van der Waals surface area contributed by atoms with Gasteiger partial charge in [0.1, 0.15) is 0 Å². The molecule has 0 radical (unpaired) electrons. The van der Waals surface area contributed by atoms with Crippen LogP contribution in [0.15, 0.2) is 85.1 Å². The summed E-state index contributed by atoms with van der Waals surface area (Å²) in [5, 5.41) is 1.11. The average molecular weight is 351 g/mol. The zero-order valence-corrected chi connectivity index (χ0v) is 13.9. The number of hydrogen-bond acceptors (Lipinski definition) is 0. The molecule has 1 nitrogen and oxygen atoms in total. The molecule has 0 atom stereocenters. The molecule has 0 aliphatic rings. The van der Waals surface area contributed by atoms with Crippen molar-refractivity contribution in [2.75, 3.05) is 0 Å². The highest BCUT2D eigenvalue weighted by atomic mass is 19.4. The fourth-order valence-corrected chi connectivity index (χ4v) is 3.22. The second-order valence-electron chi connectivity index (χ2n) is 6.25. The number of alkyl halides is 3. The van der Waals surface area contributed by atoms with Crippen LogP contribution in [-0.4, -0.2) is 4.57 Å². The van der Waals surface area contributed by atoms with E-state index < -0.39 is 11.7 Å². The van der Waals surface area contributed by atoms with E-state index in [1.807, 2.05) is 48.5 Å². The first kappa shape index (κ1) is 16.5. The topological polar surface area (TPSA) is 4.93 Å². The van der Waals surface area contributed by atoms with E-state index in [4.69, 9.17) is 0 Å². The molecular formula is C22H16F3N. The fourth-order valence-electron chi connectivity index (χ4n) is 3.22. The van der Waals surface area contributed by atoms with Gasteiger partial charge in [-0.05, 0) is 47.9 Å². The Kier molecular flexibility index (Phi) is 4.03. The maximum Gasteiger partial charge on any atom is 0.416 e. The van der Waals surface area contributed by atoms with E-state index in [0.717, 1.165) is 39.8 Å². The number of hydrogen-bond donors (Lipinski definition) is 0. The lowest BCUT2D eigenvalue weighted by atomic mass is 10.0. The molecule has 0 saturated heterocycles. The second-order valence-corrected chi connectivity index (χ2v) is 6.25. The summed E-state index contributed by atoms with van der Waals surface area (Å²) in [4.78, 5) is 0. The molecule has 0 unspecified atom stereocenters. The maximum atomic E-state index is 12.7. The van der Waals surface area contributed by atoms with Crippen LogP contribution < -0.4 is 0 Å². The van der Waals surface area contributed by atoms with Gasteiger partial charge in [0.25, 0.3) is 0 Å². The molecule has 4 rings (SSSR count). The van der Waals surface area contributed by atoms with E-state index in [1.54, 1.807) is 12.1 Å². The van der Waals surface area contributed by atoms with Crippen LogP contribution in [0, 0.1) is 0 Å². The minimum atomic E-state index is -4.30. The lowest BCUT2D eigenvalue weighted by Crippen LogP contribution is -2.04. The zero-order valence-electron chi connectivity index (χ0n) is 13.9. The molecule has 0 bridgehead atoms. The number of rotatable bonds is 3. The Balaban J connectivity index is 1.73. The molecule has 4 aromatic rings. The summed E-state index contributed by atoms with van der Waals surface area (Å²) in [6.45, 7) is 0.